The van der Waals surface area contributed by atoms with Gasteiger partial charge in [-0.15, -0.1) is 0 Å². The Labute approximate surface area is 141 Å². The molecule has 0 spiro atoms. The van der Waals surface area contributed by atoms with Crippen LogP contribution in [0.5, 0.6) is 0 Å². The van der Waals surface area contributed by atoms with Crippen molar-refractivity contribution in [3.8, 4) is 0 Å². The third-order valence-electron chi connectivity index (χ3n) is 4.01. The molecule has 1 heterocycles. The second kappa shape index (κ2) is 7.32. The number of hydrogen-bond donors (Lipinski definition) is 1. The van der Waals surface area contributed by atoms with Gasteiger partial charge >= 0.3 is 0 Å². The van der Waals surface area contributed by atoms with E-state index in [4.69, 9.17) is 11.6 Å². The van der Waals surface area contributed by atoms with Gasteiger partial charge in [0.25, 0.3) is 0 Å². The van der Waals surface area contributed by atoms with Gasteiger partial charge in [-0.1, -0.05) is 11.6 Å². The van der Waals surface area contributed by atoms with Gasteiger partial charge in [-0.3, -0.25) is 9.59 Å². The fraction of sp³-hybridized carbons (Fsp3) is 0.529. The number of carbonyl (C=O) groups is 2. The number of rotatable bonds is 5. The minimum absolute atomic E-state index is 0.0607. The molecule has 2 rings (SSSR count). The number of anilines is 1. The van der Waals surface area contributed by atoms with Crippen LogP contribution < -0.4 is 4.90 Å². The van der Waals surface area contributed by atoms with Gasteiger partial charge in [0.1, 0.15) is 5.92 Å². The third kappa shape index (κ3) is 4.03. The number of aliphatic hydroxyl groups excluding tert-OH is 1. The highest BCUT2D eigenvalue weighted by Crippen LogP contribution is 2.28. The Morgan fingerprint density at radius 3 is 2.48 bits per heavy atom. The highest BCUT2D eigenvalue weighted by Gasteiger charge is 2.40. The molecule has 23 heavy (non-hydrogen) atoms. The van der Waals surface area contributed by atoms with E-state index < -0.39 is 12.0 Å². The summed E-state index contributed by atoms with van der Waals surface area (Å²) in [6.07, 6.45) is -0.131. The second-order valence-corrected chi connectivity index (χ2v) is 6.68. The molecule has 0 aliphatic carbocycles. The summed E-state index contributed by atoms with van der Waals surface area (Å²) in [5.74, 6) is -1.07. The fourth-order valence-corrected chi connectivity index (χ4v) is 2.95. The zero-order valence-corrected chi connectivity index (χ0v) is 14.5. The van der Waals surface area contributed by atoms with Crippen molar-refractivity contribution in [1.29, 1.82) is 0 Å². The monoisotopic (exact) mass is 338 g/mol. The van der Waals surface area contributed by atoms with Crippen molar-refractivity contribution in [2.45, 2.75) is 39.3 Å². The normalized spacial score (nSPS) is 19.3. The lowest BCUT2D eigenvalue weighted by molar-refractivity contribution is -0.142. The van der Waals surface area contributed by atoms with Gasteiger partial charge in [-0.25, -0.2) is 0 Å². The summed E-state index contributed by atoms with van der Waals surface area (Å²) in [5, 5.41) is 10.2. The van der Waals surface area contributed by atoms with Crippen molar-refractivity contribution < 1.29 is 14.7 Å². The molecule has 1 N–H and O–H groups in total. The maximum atomic E-state index is 12.7. The lowest BCUT2D eigenvalue weighted by Crippen LogP contribution is -2.46. The van der Waals surface area contributed by atoms with E-state index in [1.165, 1.54) is 0 Å². The topological polar surface area (TPSA) is 60.9 Å². The van der Waals surface area contributed by atoms with Crippen LogP contribution in [0.25, 0.3) is 0 Å². The second-order valence-electron chi connectivity index (χ2n) is 6.24. The van der Waals surface area contributed by atoms with Crippen LogP contribution in [0.4, 0.5) is 5.69 Å². The first-order valence-corrected chi connectivity index (χ1v) is 8.24. The number of carbonyl (C=O) groups excluding carboxylic acids is 2. The quantitative estimate of drug-likeness (QED) is 0.838. The summed E-state index contributed by atoms with van der Waals surface area (Å²) in [6.45, 7) is 6.16. The number of nitrogens with zero attached hydrogens (tertiary/aromatic N) is 2. The number of benzene rings is 1. The van der Waals surface area contributed by atoms with E-state index >= 15 is 0 Å². The first-order valence-electron chi connectivity index (χ1n) is 7.86. The summed E-state index contributed by atoms with van der Waals surface area (Å²) in [6, 6.07) is 6.96. The van der Waals surface area contributed by atoms with Crippen LogP contribution in [0, 0.1) is 5.92 Å². The molecule has 0 bridgehead atoms. The standard InChI is InChI=1S/C17H23ClN2O3/c1-11(2)20(10-12(3)21)17(23)15-8-9-19(16(15)22)14-6-4-13(18)5-7-14/h4-7,11-12,15,21H,8-10H2,1-3H3. The molecule has 0 aromatic heterocycles. The van der Waals surface area contributed by atoms with E-state index in [9.17, 15) is 14.7 Å². The van der Waals surface area contributed by atoms with Gasteiger partial charge in [-0.05, 0) is 51.5 Å². The molecule has 1 aliphatic rings. The molecule has 1 aromatic rings. The molecule has 5 nitrogen and oxygen atoms in total. The Kier molecular flexibility index (Phi) is 5.65. The Balaban J connectivity index is 2.14. The van der Waals surface area contributed by atoms with Crippen LogP contribution in [-0.2, 0) is 9.59 Å². The molecule has 1 aromatic carbocycles. The molecule has 1 saturated heterocycles. The average Bonchev–Trinajstić information content (AvgIpc) is 2.86. The van der Waals surface area contributed by atoms with E-state index in [2.05, 4.69) is 0 Å². The zero-order chi connectivity index (χ0) is 17.1. The number of hydrogen-bond acceptors (Lipinski definition) is 3. The van der Waals surface area contributed by atoms with Crippen LogP contribution in [0.2, 0.25) is 5.02 Å². The van der Waals surface area contributed by atoms with Gasteiger partial charge < -0.3 is 14.9 Å². The lowest BCUT2D eigenvalue weighted by atomic mass is 10.1. The number of halogens is 1. The van der Waals surface area contributed by atoms with Crippen LogP contribution in [-0.4, -0.2) is 47.1 Å². The lowest BCUT2D eigenvalue weighted by Gasteiger charge is -2.30. The molecular weight excluding hydrogens is 316 g/mol. The van der Waals surface area contributed by atoms with Crippen molar-refractivity contribution >= 4 is 29.1 Å². The highest BCUT2D eigenvalue weighted by atomic mass is 35.5. The molecule has 2 unspecified atom stereocenters. The summed E-state index contributed by atoms with van der Waals surface area (Å²) in [5.41, 5.74) is 0.751. The van der Waals surface area contributed by atoms with Gasteiger partial charge in [0.15, 0.2) is 0 Å². The molecule has 0 radical (unpaired) electrons. The number of aliphatic hydroxyl groups is 1. The molecule has 2 atom stereocenters. The average molecular weight is 339 g/mol. The van der Waals surface area contributed by atoms with Crippen LogP contribution in [0.1, 0.15) is 27.2 Å². The Bertz CT molecular complexity index is 572. The van der Waals surface area contributed by atoms with E-state index in [0.717, 1.165) is 5.69 Å². The fourth-order valence-electron chi connectivity index (χ4n) is 2.83. The van der Waals surface area contributed by atoms with Gasteiger partial charge in [0, 0.05) is 29.8 Å². The summed E-state index contributed by atoms with van der Waals surface area (Å²) < 4.78 is 0. The SMILES string of the molecule is CC(O)CN(C(=O)C1CCN(c2ccc(Cl)cc2)C1=O)C(C)C. The molecule has 0 saturated carbocycles. The van der Waals surface area contributed by atoms with Crippen molar-refractivity contribution in [2.24, 2.45) is 5.92 Å². The van der Waals surface area contributed by atoms with Crippen molar-refractivity contribution in [3.63, 3.8) is 0 Å². The Hall–Kier alpha value is -1.59. The van der Waals surface area contributed by atoms with E-state index in [0.29, 0.717) is 18.0 Å². The van der Waals surface area contributed by atoms with Crippen molar-refractivity contribution in [3.05, 3.63) is 29.3 Å². The summed E-state index contributed by atoms with van der Waals surface area (Å²) >= 11 is 5.87. The molecule has 6 heteroatoms. The molecular formula is C17H23ClN2O3. The van der Waals surface area contributed by atoms with Crippen LogP contribution in [0.3, 0.4) is 0 Å². The Morgan fingerprint density at radius 1 is 1.35 bits per heavy atom. The van der Waals surface area contributed by atoms with E-state index in [1.54, 1.807) is 41.0 Å². The van der Waals surface area contributed by atoms with Gasteiger partial charge in [-0.2, -0.15) is 0 Å². The van der Waals surface area contributed by atoms with Gasteiger partial charge in [0.2, 0.25) is 11.8 Å². The predicted octanol–water partition coefficient (Wildman–Crippen LogP) is 2.31. The summed E-state index contributed by atoms with van der Waals surface area (Å²) in [4.78, 5) is 28.5. The number of amides is 2. The molecule has 126 valence electrons. The Morgan fingerprint density at radius 2 is 1.96 bits per heavy atom. The van der Waals surface area contributed by atoms with E-state index in [1.807, 2.05) is 13.8 Å². The van der Waals surface area contributed by atoms with Crippen molar-refractivity contribution in [1.82, 2.24) is 4.90 Å². The smallest absolute Gasteiger partial charge is 0.239 e. The molecule has 1 fully saturated rings. The van der Waals surface area contributed by atoms with Crippen LogP contribution in [0.15, 0.2) is 24.3 Å². The molecule has 1 aliphatic heterocycles. The third-order valence-corrected chi connectivity index (χ3v) is 4.26. The predicted molar refractivity (Wildman–Crippen MR) is 90.4 cm³/mol. The minimum atomic E-state index is -0.674. The maximum Gasteiger partial charge on any atom is 0.239 e. The highest BCUT2D eigenvalue weighted by molar-refractivity contribution is 6.30. The van der Waals surface area contributed by atoms with Crippen molar-refractivity contribution in [2.75, 3.05) is 18.0 Å². The largest absolute Gasteiger partial charge is 0.392 e. The van der Waals surface area contributed by atoms with E-state index in [-0.39, 0.29) is 24.4 Å². The van der Waals surface area contributed by atoms with Crippen LogP contribution >= 0.6 is 11.6 Å². The zero-order valence-electron chi connectivity index (χ0n) is 13.7. The van der Waals surface area contributed by atoms with Gasteiger partial charge in [0.05, 0.1) is 6.10 Å². The minimum Gasteiger partial charge on any atom is -0.392 e. The first-order chi connectivity index (χ1) is 10.8. The first kappa shape index (κ1) is 17.8. The molecule has 2 amide bonds. The summed E-state index contributed by atoms with van der Waals surface area (Å²) in [7, 11) is 0. The maximum absolute atomic E-state index is 12.7.